The lowest BCUT2D eigenvalue weighted by Gasteiger charge is -2.33. The van der Waals surface area contributed by atoms with Gasteiger partial charge in [-0.2, -0.15) is 0 Å². The van der Waals surface area contributed by atoms with Crippen LogP contribution in [0.2, 0.25) is 0 Å². The van der Waals surface area contributed by atoms with Gasteiger partial charge in [0, 0.05) is 19.6 Å². The largest absolute Gasteiger partial charge is 0.493 e. The van der Waals surface area contributed by atoms with Crippen molar-refractivity contribution in [3.05, 3.63) is 59.7 Å². The van der Waals surface area contributed by atoms with Gasteiger partial charge in [-0.1, -0.05) is 37.3 Å². The summed E-state index contributed by atoms with van der Waals surface area (Å²) in [5.41, 5.74) is 2.04. The Labute approximate surface area is 186 Å². The van der Waals surface area contributed by atoms with Crippen LogP contribution < -0.4 is 9.46 Å². The van der Waals surface area contributed by atoms with E-state index in [1.165, 1.54) is 5.56 Å². The van der Waals surface area contributed by atoms with Crippen LogP contribution in [0.1, 0.15) is 43.4 Å². The van der Waals surface area contributed by atoms with Gasteiger partial charge in [-0.05, 0) is 62.1 Å². The van der Waals surface area contributed by atoms with E-state index in [1.54, 1.807) is 18.2 Å². The van der Waals surface area contributed by atoms with Crippen LogP contribution in [0.15, 0.2) is 53.4 Å². The lowest BCUT2D eigenvalue weighted by molar-refractivity contribution is -0.0303. The van der Waals surface area contributed by atoms with Gasteiger partial charge in [0.15, 0.2) is 0 Å². The Balaban J connectivity index is 1.41. The zero-order valence-electron chi connectivity index (χ0n) is 18.5. The van der Waals surface area contributed by atoms with Crippen LogP contribution in [0.4, 0.5) is 0 Å². The van der Waals surface area contributed by atoms with Gasteiger partial charge in [-0.25, -0.2) is 13.1 Å². The lowest BCUT2D eigenvalue weighted by Crippen LogP contribution is -2.39. The van der Waals surface area contributed by atoms with Crippen molar-refractivity contribution in [1.82, 2.24) is 9.62 Å². The molecule has 2 aromatic carbocycles. The number of rotatable bonds is 11. The molecule has 7 heteroatoms. The van der Waals surface area contributed by atoms with Crippen LogP contribution in [-0.2, 0) is 14.8 Å². The van der Waals surface area contributed by atoms with E-state index in [0.717, 1.165) is 56.8 Å². The molecule has 0 radical (unpaired) electrons. The van der Waals surface area contributed by atoms with Gasteiger partial charge in [0.2, 0.25) is 10.0 Å². The monoisotopic (exact) mass is 446 g/mol. The SMILES string of the molecule is CCCOc1ccc(S(=O)(=O)NCCCCN2CCOC(c3ccccc3)C2)cc1C. The number of sulfonamides is 1. The number of morpholine rings is 1. The molecule has 1 fully saturated rings. The topological polar surface area (TPSA) is 67.9 Å². The van der Waals surface area contributed by atoms with Crippen molar-refractivity contribution in [2.24, 2.45) is 0 Å². The molecule has 1 atom stereocenters. The third kappa shape index (κ3) is 7.04. The molecule has 0 aliphatic carbocycles. The molecular formula is C24H34N2O4S. The summed E-state index contributed by atoms with van der Waals surface area (Å²) in [5, 5.41) is 0. The number of nitrogens with one attached hydrogen (secondary N) is 1. The predicted octanol–water partition coefficient (Wildman–Crippen LogP) is 3.92. The fraction of sp³-hybridized carbons (Fsp3) is 0.500. The molecule has 170 valence electrons. The Morgan fingerprint density at radius 1 is 1.16 bits per heavy atom. The van der Waals surface area contributed by atoms with Gasteiger partial charge < -0.3 is 9.47 Å². The second-order valence-corrected chi connectivity index (χ2v) is 9.72. The zero-order valence-corrected chi connectivity index (χ0v) is 19.4. The molecule has 2 aromatic rings. The van der Waals surface area contributed by atoms with Gasteiger partial charge in [0.1, 0.15) is 5.75 Å². The first-order valence-electron chi connectivity index (χ1n) is 11.1. The second-order valence-electron chi connectivity index (χ2n) is 7.95. The van der Waals surface area contributed by atoms with Gasteiger partial charge in [-0.3, -0.25) is 4.90 Å². The Kier molecular flexibility index (Phi) is 8.90. The summed E-state index contributed by atoms with van der Waals surface area (Å²) in [7, 11) is -3.51. The first-order chi connectivity index (χ1) is 15.0. The van der Waals surface area contributed by atoms with Crippen molar-refractivity contribution in [2.75, 3.05) is 39.4 Å². The summed E-state index contributed by atoms with van der Waals surface area (Å²) in [5.74, 6) is 0.736. The van der Waals surface area contributed by atoms with E-state index in [9.17, 15) is 8.42 Å². The molecule has 0 saturated carbocycles. The van der Waals surface area contributed by atoms with Gasteiger partial charge in [0.05, 0.1) is 24.2 Å². The van der Waals surface area contributed by atoms with Crippen LogP contribution in [0.25, 0.3) is 0 Å². The Bertz CT molecular complexity index is 918. The number of benzene rings is 2. The van der Waals surface area contributed by atoms with Crippen molar-refractivity contribution >= 4 is 10.0 Å². The molecule has 0 spiro atoms. The van der Waals surface area contributed by atoms with E-state index in [-0.39, 0.29) is 11.0 Å². The van der Waals surface area contributed by atoms with E-state index in [1.807, 2.05) is 32.0 Å². The van der Waals surface area contributed by atoms with E-state index in [4.69, 9.17) is 9.47 Å². The van der Waals surface area contributed by atoms with Crippen LogP contribution in [0, 0.1) is 6.92 Å². The standard InChI is InChI=1S/C24H34N2O4S/c1-3-16-29-23-12-11-22(18-20(23)2)31(27,28)25-13-7-8-14-26-15-17-30-24(19-26)21-9-5-4-6-10-21/h4-6,9-12,18,24-25H,3,7-8,13-17,19H2,1-2H3. The van der Waals surface area contributed by atoms with Crippen LogP contribution in [0.5, 0.6) is 5.75 Å². The van der Waals surface area contributed by atoms with E-state index in [2.05, 4.69) is 21.8 Å². The second kappa shape index (κ2) is 11.6. The summed E-state index contributed by atoms with van der Waals surface area (Å²) >= 11 is 0. The predicted molar refractivity (Wildman–Crippen MR) is 123 cm³/mol. The van der Waals surface area contributed by atoms with Crippen LogP contribution in [-0.4, -0.2) is 52.7 Å². The summed E-state index contributed by atoms with van der Waals surface area (Å²) in [6.45, 7) is 8.43. The molecule has 6 nitrogen and oxygen atoms in total. The number of unbranched alkanes of at least 4 members (excludes halogenated alkanes) is 1. The number of nitrogens with zero attached hydrogens (tertiary/aromatic N) is 1. The molecular weight excluding hydrogens is 412 g/mol. The highest BCUT2D eigenvalue weighted by molar-refractivity contribution is 7.89. The lowest BCUT2D eigenvalue weighted by atomic mass is 10.1. The molecule has 1 aliphatic heterocycles. The fourth-order valence-electron chi connectivity index (χ4n) is 3.69. The Morgan fingerprint density at radius 2 is 1.97 bits per heavy atom. The van der Waals surface area contributed by atoms with Crippen molar-refractivity contribution < 1.29 is 17.9 Å². The van der Waals surface area contributed by atoms with Crippen molar-refractivity contribution in [2.45, 2.75) is 44.1 Å². The first-order valence-corrected chi connectivity index (χ1v) is 12.6. The molecule has 0 amide bonds. The number of hydrogen-bond donors (Lipinski definition) is 1. The van der Waals surface area contributed by atoms with Gasteiger partial charge in [0.25, 0.3) is 0 Å². The summed E-state index contributed by atoms with van der Waals surface area (Å²) in [6, 6.07) is 15.3. The smallest absolute Gasteiger partial charge is 0.240 e. The first kappa shape index (κ1) is 23.7. The Hall–Kier alpha value is -1.93. The minimum atomic E-state index is -3.51. The summed E-state index contributed by atoms with van der Waals surface area (Å²) < 4.78 is 39.5. The summed E-state index contributed by atoms with van der Waals surface area (Å²) in [4.78, 5) is 2.68. The average Bonchev–Trinajstić information content (AvgIpc) is 2.79. The number of hydrogen-bond acceptors (Lipinski definition) is 5. The maximum atomic E-state index is 12.6. The van der Waals surface area contributed by atoms with Crippen LogP contribution >= 0.6 is 0 Å². The highest BCUT2D eigenvalue weighted by Crippen LogP contribution is 2.23. The van der Waals surface area contributed by atoms with E-state index >= 15 is 0 Å². The maximum Gasteiger partial charge on any atom is 0.240 e. The maximum absolute atomic E-state index is 12.6. The van der Waals surface area contributed by atoms with Gasteiger partial charge in [-0.15, -0.1) is 0 Å². The highest BCUT2D eigenvalue weighted by Gasteiger charge is 2.21. The number of ether oxygens (including phenoxy) is 2. The normalized spacial score (nSPS) is 17.5. The minimum absolute atomic E-state index is 0.112. The van der Waals surface area contributed by atoms with Crippen molar-refractivity contribution in [3.8, 4) is 5.75 Å². The minimum Gasteiger partial charge on any atom is -0.493 e. The molecule has 1 heterocycles. The highest BCUT2D eigenvalue weighted by atomic mass is 32.2. The zero-order chi connectivity index (χ0) is 22.1. The third-order valence-electron chi connectivity index (χ3n) is 5.43. The molecule has 31 heavy (non-hydrogen) atoms. The molecule has 0 aromatic heterocycles. The molecule has 1 aliphatic rings. The van der Waals surface area contributed by atoms with E-state index in [0.29, 0.717) is 13.2 Å². The Morgan fingerprint density at radius 3 is 2.71 bits per heavy atom. The fourth-order valence-corrected chi connectivity index (χ4v) is 4.85. The molecule has 1 N–H and O–H groups in total. The van der Waals surface area contributed by atoms with E-state index < -0.39 is 10.0 Å². The third-order valence-corrected chi connectivity index (χ3v) is 6.89. The molecule has 1 saturated heterocycles. The van der Waals surface area contributed by atoms with Crippen molar-refractivity contribution in [3.63, 3.8) is 0 Å². The van der Waals surface area contributed by atoms with Crippen molar-refractivity contribution in [1.29, 1.82) is 0 Å². The molecule has 0 bridgehead atoms. The average molecular weight is 447 g/mol. The van der Waals surface area contributed by atoms with Crippen LogP contribution in [0.3, 0.4) is 0 Å². The quantitative estimate of drug-likeness (QED) is 0.530. The molecule has 3 rings (SSSR count). The molecule has 1 unspecified atom stereocenters. The summed E-state index contributed by atoms with van der Waals surface area (Å²) in [6.07, 6.45) is 2.76. The number of aryl methyl sites for hydroxylation is 1. The van der Waals surface area contributed by atoms with Gasteiger partial charge >= 0.3 is 0 Å².